The Morgan fingerprint density at radius 2 is 1.94 bits per heavy atom. The van der Waals surface area contributed by atoms with Crippen molar-refractivity contribution in [1.82, 2.24) is 14.9 Å². The molecule has 1 atom stereocenters. The molecule has 0 aliphatic heterocycles. The SMILES string of the molecule is C=CCn1c(C(=O)NC(Cc2c[nH]c3ccccc23)C(=O)O)c(C)c2cc(C(C)C)ccc21. The van der Waals surface area contributed by atoms with Gasteiger partial charge in [-0.15, -0.1) is 6.58 Å². The summed E-state index contributed by atoms with van der Waals surface area (Å²) in [5.74, 6) is -1.11. The third-order valence-electron chi connectivity index (χ3n) is 6.24. The second-order valence-corrected chi connectivity index (χ2v) is 8.73. The predicted molar refractivity (Wildman–Crippen MR) is 132 cm³/mol. The van der Waals surface area contributed by atoms with Crippen LogP contribution in [0.15, 0.2) is 61.3 Å². The van der Waals surface area contributed by atoms with Gasteiger partial charge in [-0.2, -0.15) is 0 Å². The number of carboxylic acid groups (broad SMARTS) is 1. The minimum atomic E-state index is -1.07. The van der Waals surface area contributed by atoms with Crippen LogP contribution in [0.25, 0.3) is 21.8 Å². The molecule has 2 heterocycles. The Kier molecular flexibility index (Phi) is 6.09. The number of hydrogen-bond acceptors (Lipinski definition) is 2. The molecule has 33 heavy (non-hydrogen) atoms. The van der Waals surface area contributed by atoms with Crippen LogP contribution in [0, 0.1) is 6.92 Å². The van der Waals surface area contributed by atoms with E-state index in [0.29, 0.717) is 18.2 Å². The van der Waals surface area contributed by atoms with Crippen molar-refractivity contribution >= 4 is 33.7 Å². The number of allylic oxidation sites excluding steroid dienone is 1. The van der Waals surface area contributed by atoms with Crippen LogP contribution in [0.1, 0.15) is 46.9 Å². The van der Waals surface area contributed by atoms with Gasteiger partial charge >= 0.3 is 5.97 Å². The molecule has 4 aromatic rings. The first-order valence-electron chi connectivity index (χ1n) is 11.1. The van der Waals surface area contributed by atoms with Crippen LogP contribution in [0.3, 0.4) is 0 Å². The van der Waals surface area contributed by atoms with E-state index >= 15 is 0 Å². The van der Waals surface area contributed by atoms with Gasteiger partial charge in [0.1, 0.15) is 11.7 Å². The summed E-state index contributed by atoms with van der Waals surface area (Å²) in [6.45, 7) is 10.5. The number of aliphatic carboxylic acids is 1. The van der Waals surface area contributed by atoms with Crippen LogP contribution in [-0.2, 0) is 17.8 Å². The number of benzene rings is 2. The number of aromatic amines is 1. The lowest BCUT2D eigenvalue weighted by Gasteiger charge is -2.16. The van der Waals surface area contributed by atoms with E-state index in [9.17, 15) is 14.7 Å². The van der Waals surface area contributed by atoms with Crippen molar-refractivity contribution in [2.75, 3.05) is 0 Å². The summed E-state index contributed by atoms with van der Waals surface area (Å²) in [4.78, 5) is 28.7. The number of fused-ring (bicyclic) bond motifs is 2. The fraction of sp³-hybridized carbons (Fsp3) is 0.259. The van der Waals surface area contributed by atoms with Crippen molar-refractivity contribution in [3.05, 3.63) is 83.7 Å². The van der Waals surface area contributed by atoms with E-state index in [-0.39, 0.29) is 6.42 Å². The summed E-state index contributed by atoms with van der Waals surface area (Å²) in [7, 11) is 0. The zero-order valence-electron chi connectivity index (χ0n) is 19.2. The van der Waals surface area contributed by atoms with E-state index in [1.807, 2.05) is 41.8 Å². The highest BCUT2D eigenvalue weighted by Gasteiger charge is 2.26. The Balaban J connectivity index is 1.70. The van der Waals surface area contributed by atoms with E-state index in [2.05, 4.69) is 42.9 Å². The van der Waals surface area contributed by atoms with Crippen molar-refractivity contribution in [2.45, 2.75) is 45.7 Å². The maximum absolute atomic E-state index is 13.4. The normalized spacial score (nSPS) is 12.4. The maximum Gasteiger partial charge on any atom is 0.326 e. The zero-order chi connectivity index (χ0) is 23.7. The van der Waals surface area contributed by atoms with Crippen LogP contribution in [0.4, 0.5) is 0 Å². The summed E-state index contributed by atoms with van der Waals surface area (Å²) < 4.78 is 1.90. The number of carbonyl (C=O) groups excluding carboxylic acids is 1. The number of para-hydroxylation sites is 1. The average Bonchev–Trinajstić information content (AvgIpc) is 3.32. The van der Waals surface area contributed by atoms with Crippen LogP contribution in [0.5, 0.6) is 0 Å². The second kappa shape index (κ2) is 8.98. The number of H-pyrrole nitrogens is 1. The molecule has 6 heteroatoms. The lowest BCUT2D eigenvalue weighted by Crippen LogP contribution is -2.43. The van der Waals surface area contributed by atoms with E-state index < -0.39 is 17.9 Å². The molecule has 2 aromatic carbocycles. The largest absolute Gasteiger partial charge is 0.480 e. The highest BCUT2D eigenvalue weighted by atomic mass is 16.4. The van der Waals surface area contributed by atoms with Gasteiger partial charge in [0.2, 0.25) is 0 Å². The van der Waals surface area contributed by atoms with Gasteiger partial charge in [0.25, 0.3) is 5.91 Å². The minimum absolute atomic E-state index is 0.184. The number of rotatable bonds is 8. The quantitative estimate of drug-likeness (QED) is 0.329. The molecule has 4 rings (SSSR count). The average molecular weight is 444 g/mol. The first-order chi connectivity index (χ1) is 15.8. The molecule has 0 saturated heterocycles. The van der Waals surface area contributed by atoms with E-state index in [1.165, 1.54) is 5.56 Å². The van der Waals surface area contributed by atoms with Crippen molar-refractivity contribution in [2.24, 2.45) is 0 Å². The fourth-order valence-corrected chi connectivity index (χ4v) is 4.46. The highest BCUT2D eigenvalue weighted by molar-refractivity contribution is 6.03. The lowest BCUT2D eigenvalue weighted by atomic mass is 10.0. The summed E-state index contributed by atoms with van der Waals surface area (Å²) in [6, 6.07) is 12.9. The Hall–Kier alpha value is -3.80. The van der Waals surface area contributed by atoms with E-state index in [4.69, 9.17) is 0 Å². The third kappa shape index (κ3) is 4.16. The lowest BCUT2D eigenvalue weighted by molar-refractivity contribution is -0.139. The molecule has 0 radical (unpaired) electrons. The standard InChI is InChI=1S/C27H29N3O3/c1-5-12-30-24-11-10-18(16(2)3)13-21(24)17(4)25(30)26(31)29-23(27(32)33)14-19-15-28-22-9-7-6-8-20(19)22/h5-11,13,15-16,23,28H,1,12,14H2,2-4H3,(H,29,31)(H,32,33). The predicted octanol–water partition coefficient (Wildman–Crippen LogP) is 5.17. The summed E-state index contributed by atoms with van der Waals surface area (Å²) in [5, 5.41) is 14.6. The molecule has 170 valence electrons. The van der Waals surface area contributed by atoms with Gasteiger partial charge in [0.15, 0.2) is 0 Å². The van der Waals surface area contributed by atoms with Gasteiger partial charge in [-0.25, -0.2) is 4.79 Å². The molecule has 0 aliphatic carbocycles. The topological polar surface area (TPSA) is 87.1 Å². The summed E-state index contributed by atoms with van der Waals surface area (Å²) in [5.41, 5.74) is 5.22. The minimum Gasteiger partial charge on any atom is -0.480 e. The van der Waals surface area contributed by atoms with Crippen molar-refractivity contribution < 1.29 is 14.7 Å². The van der Waals surface area contributed by atoms with Crippen LogP contribution >= 0.6 is 0 Å². The Morgan fingerprint density at radius 1 is 1.18 bits per heavy atom. The molecule has 0 saturated carbocycles. The molecule has 0 aliphatic rings. The zero-order valence-corrected chi connectivity index (χ0v) is 19.2. The van der Waals surface area contributed by atoms with Crippen LogP contribution in [0.2, 0.25) is 0 Å². The number of nitrogens with zero attached hydrogens (tertiary/aromatic N) is 1. The van der Waals surface area contributed by atoms with E-state index in [0.717, 1.165) is 32.9 Å². The number of aryl methyl sites for hydroxylation is 1. The molecular formula is C27H29N3O3. The summed E-state index contributed by atoms with van der Waals surface area (Å²) in [6.07, 6.45) is 3.73. The van der Waals surface area contributed by atoms with Gasteiger partial charge in [0.05, 0.1) is 0 Å². The summed E-state index contributed by atoms with van der Waals surface area (Å²) >= 11 is 0. The Morgan fingerprint density at radius 3 is 2.64 bits per heavy atom. The molecule has 6 nitrogen and oxygen atoms in total. The molecule has 0 bridgehead atoms. The molecule has 1 unspecified atom stereocenters. The van der Waals surface area contributed by atoms with Gasteiger partial charge < -0.3 is 20.0 Å². The molecule has 3 N–H and O–H groups in total. The first kappa shape index (κ1) is 22.4. The van der Waals surface area contributed by atoms with Gasteiger partial charge in [-0.1, -0.05) is 44.2 Å². The number of nitrogens with one attached hydrogen (secondary N) is 2. The van der Waals surface area contributed by atoms with Crippen LogP contribution < -0.4 is 5.32 Å². The first-order valence-corrected chi connectivity index (χ1v) is 11.1. The number of carboxylic acids is 1. The van der Waals surface area contributed by atoms with Crippen molar-refractivity contribution in [1.29, 1.82) is 0 Å². The van der Waals surface area contributed by atoms with Gasteiger partial charge in [0, 0.05) is 41.0 Å². The number of carbonyl (C=O) groups is 2. The number of hydrogen-bond donors (Lipinski definition) is 3. The number of aromatic nitrogens is 2. The van der Waals surface area contributed by atoms with Gasteiger partial charge in [-0.05, 0) is 47.7 Å². The smallest absolute Gasteiger partial charge is 0.326 e. The molecule has 0 fully saturated rings. The van der Waals surface area contributed by atoms with Crippen molar-refractivity contribution in [3.8, 4) is 0 Å². The second-order valence-electron chi connectivity index (χ2n) is 8.73. The third-order valence-corrected chi connectivity index (χ3v) is 6.24. The monoisotopic (exact) mass is 443 g/mol. The Labute approximate surface area is 192 Å². The number of amides is 1. The highest BCUT2D eigenvalue weighted by Crippen LogP contribution is 2.29. The van der Waals surface area contributed by atoms with Crippen molar-refractivity contribution in [3.63, 3.8) is 0 Å². The Bertz CT molecular complexity index is 1360. The molecular weight excluding hydrogens is 414 g/mol. The maximum atomic E-state index is 13.4. The fourth-order valence-electron chi connectivity index (χ4n) is 4.46. The van der Waals surface area contributed by atoms with Gasteiger partial charge in [-0.3, -0.25) is 4.79 Å². The molecule has 2 aromatic heterocycles. The van der Waals surface area contributed by atoms with Crippen LogP contribution in [-0.4, -0.2) is 32.6 Å². The molecule has 0 spiro atoms. The molecule has 1 amide bonds. The van der Waals surface area contributed by atoms with E-state index in [1.54, 1.807) is 12.3 Å².